The third-order valence-corrected chi connectivity index (χ3v) is 7.44. The molecule has 0 radical (unpaired) electrons. The molecule has 0 aromatic rings. The van der Waals surface area contributed by atoms with Crippen molar-refractivity contribution in [2.24, 2.45) is 33.7 Å². The van der Waals surface area contributed by atoms with E-state index in [0.717, 1.165) is 36.3 Å². The van der Waals surface area contributed by atoms with E-state index in [1.165, 1.54) is 32.1 Å². The zero-order valence-corrected chi connectivity index (χ0v) is 13.3. The summed E-state index contributed by atoms with van der Waals surface area (Å²) in [5.41, 5.74) is 3.58. The van der Waals surface area contributed by atoms with E-state index in [9.17, 15) is 0 Å². The molecule has 3 saturated carbocycles. The molecule has 3 fully saturated rings. The van der Waals surface area contributed by atoms with Gasteiger partial charge in [-0.05, 0) is 68.1 Å². The van der Waals surface area contributed by atoms with Crippen molar-refractivity contribution >= 4 is 5.71 Å². The second-order valence-corrected chi connectivity index (χ2v) is 8.30. The Morgan fingerprint density at radius 1 is 1.19 bits per heavy atom. The fraction of sp³-hybridized carbons (Fsp3) is 0.737. The first-order valence-electron chi connectivity index (χ1n) is 8.66. The molecule has 0 aromatic heterocycles. The molecule has 0 aromatic carbocycles. The maximum absolute atomic E-state index is 9.13. The van der Waals surface area contributed by atoms with Gasteiger partial charge in [-0.25, -0.2) is 0 Å². The van der Waals surface area contributed by atoms with Crippen LogP contribution in [0, 0.1) is 28.6 Å². The first kappa shape index (κ1) is 13.6. The van der Waals surface area contributed by atoms with Gasteiger partial charge in [-0.2, -0.15) is 0 Å². The number of nitrogens with zero attached hydrogens (tertiary/aromatic N) is 1. The van der Waals surface area contributed by atoms with Gasteiger partial charge in [-0.1, -0.05) is 42.8 Å². The highest BCUT2D eigenvalue weighted by Gasteiger charge is 2.54. The monoisotopic (exact) mass is 285 g/mol. The summed E-state index contributed by atoms with van der Waals surface area (Å²) in [5.74, 6) is 2.38. The average Bonchev–Trinajstić information content (AvgIpc) is 2.88. The summed E-state index contributed by atoms with van der Waals surface area (Å²) in [6.45, 7) is 4.97. The van der Waals surface area contributed by atoms with Crippen molar-refractivity contribution in [2.75, 3.05) is 0 Å². The van der Waals surface area contributed by atoms with Gasteiger partial charge >= 0.3 is 0 Å². The fourth-order valence-electron chi connectivity index (χ4n) is 6.07. The summed E-state index contributed by atoms with van der Waals surface area (Å²) in [7, 11) is 0. The van der Waals surface area contributed by atoms with Gasteiger partial charge in [0.05, 0.1) is 5.71 Å². The van der Waals surface area contributed by atoms with Gasteiger partial charge in [-0.15, -0.1) is 0 Å². The molecule has 5 atom stereocenters. The Kier molecular flexibility index (Phi) is 2.90. The van der Waals surface area contributed by atoms with Gasteiger partial charge in [0.2, 0.25) is 0 Å². The van der Waals surface area contributed by atoms with Crippen LogP contribution < -0.4 is 0 Å². The van der Waals surface area contributed by atoms with Crippen molar-refractivity contribution in [1.82, 2.24) is 0 Å². The van der Waals surface area contributed by atoms with E-state index in [0.29, 0.717) is 10.8 Å². The van der Waals surface area contributed by atoms with Crippen molar-refractivity contribution in [3.05, 3.63) is 23.8 Å². The topological polar surface area (TPSA) is 32.6 Å². The Bertz CT molecular complexity index is 546. The predicted molar refractivity (Wildman–Crippen MR) is 85.4 cm³/mol. The van der Waals surface area contributed by atoms with E-state index in [1.807, 2.05) is 0 Å². The van der Waals surface area contributed by atoms with Crippen LogP contribution in [0.5, 0.6) is 0 Å². The van der Waals surface area contributed by atoms with E-state index < -0.39 is 0 Å². The van der Waals surface area contributed by atoms with Crippen molar-refractivity contribution in [3.8, 4) is 0 Å². The predicted octanol–water partition coefficient (Wildman–Crippen LogP) is 4.95. The van der Waals surface area contributed by atoms with Crippen LogP contribution in [-0.4, -0.2) is 10.9 Å². The average molecular weight is 285 g/mol. The first-order valence-corrected chi connectivity index (χ1v) is 8.66. The largest absolute Gasteiger partial charge is 0.411 e. The molecule has 21 heavy (non-hydrogen) atoms. The van der Waals surface area contributed by atoms with Gasteiger partial charge in [0.15, 0.2) is 0 Å². The Morgan fingerprint density at radius 2 is 2.05 bits per heavy atom. The maximum atomic E-state index is 9.13. The standard InChI is InChI=1S/C19H27NO/c1-18-9-3-4-16(18)15-6-5-13-12-14(20-21)7-11-19(13,2)17(15)8-10-18/h3-4,9,13,15,17,21H,5-8,10-12H2,1-2H3/b20-14+. The summed E-state index contributed by atoms with van der Waals surface area (Å²) in [4.78, 5) is 0. The Hall–Kier alpha value is -1.05. The minimum absolute atomic E-state index is 0.358. The quantitative estimate of drug-likeness (QED) is 0.496. The first-order chi connectivity index (χ1) is 10.1. The zero-order chi connectivity index (χ0) is 14.7. The number of hydrogen-bond acceptors (Lipinski definition) is 2. The van der Waals surface area contributed by atoms with Crippen LogP contribution in [0.1, 0.15) is 58.8 Å². The number of fused-ring (bicyclic) bond motifs is 5. The smallest absolute Gasteiger partial charge is 0.0574 e. The van der Waals surface area contributed by atoms with Crippen LogP contribution in [0.25, 0.3) is 0 Å². The highest BCUT2D eigenvalue weighted by atomic mass is 16.4. The molecule has 1 N–H and O–H groups in total. The second-order valence-electron chi connectivity index (χ2n) is 8.30. The van der Waals surface area contributed by atoms with E-state index in [-0.39, 0.29) is 0 Å². The number of oxime groups is 1. The molecule has 0 aliphatic heterocycles. The van der Waals surface area contributed by atoms with Crippen molar-refractivity contribution < 1.29 is 5.21 Å². The lowest BCUT2D eigenvalue weighted by Gasteiger charge is -2.58. The molecule has 4 aliphatic carbocycles. The van der Waals surface area contributed by atoms with E-state index in [2.05, 4.69) is 37.2 Å². The van der Waals surface area contributed by atoms with Crippen LogP contribution in [0.3, 0.4) is 0 Å². The molecule has 5 unspecified atom stereocenters. The van der Waals surface area contributed by atoms with E-state index in [4.69, 9.17) is 5.21 Å². The lowest BCUT2D eigenvalue weighted by atomic mass is 9.46. The Morgan fingerprint density at radius 3 is 2.86 bits per heavy atom. The van der Waals surface area contributed by atoms with Gasteiger partial charge in [-0.3, -0.25) is 0 Å². The van der Waals surface area contributed by atoms with Crippen LogP contribution in [0.2, 0.25) is 0 Å². The third-order valence-electron chi connectivity index (χ3n) is 7.44. The molecular formula is C19H27NO. The maximum Gasteiger partial charge on any atom is 0.0574 e. The van der Waals surface area contributed by atoms with Gasteiger partial charge < -0.3 is 5.21 Å². The summed E-state index contributed by atoms with van der Waals surface area (Å²) >= 11 is 0. The van der Waals surface area contributed by atoms with Crippen LogP contribution in [0.15, 0.2) is 29.0 Å². The fourth-order valence-corrected chi connectivity index (χ4v) is 6.07. The normalized spacial score (nSPS) is 50.3. The summed E-state index contributed by atoms with van der Waals surface area (Å²) in [6, 6.07) is 0. The minimum Gasteiger partial charge on any atom is -0.411 e. The molecule has 0 saturated heterocycles. The molecule has 2 heteroatoms. The van der Waals surface area contributed by atoms with Crippen molar-refractivity contribution in [3.63, 3.8) is 0 Å². The summed E-state index contributed by atoms with van der Waals surface area (Å²) in [6.07, 6.45) is 15.7. The van der Waals surface area contributed by atoms with Gasteiger partial charge in [0.25, 0.3) is 0 Å². The van der Waals surface area contributed by atoms with Crippen molar-refractivity contribution in [1.29, 1.82) is 0 Å². The summed E-state index contributed by atoms with van der Waals surface area (Å²) < 4.78 is 0. The highest BCUT2D eigenvalue weighted by Crippen LogP contribution is 2.63. The van der Waals surface area contributed by atoms with E-state index >= 15 is 0 Å². The second kappa shape index (κ2) is 4.47. The van der Waals surface area contributed by atoms with E-state index in [1.54, 1.807) is 5.57 Å². The molecule has 0 amide bonds. The SMILES string of the molecule is CC12C=CC=C1C1CCC3C/C(=N/O)CCC3(C)C1CC2. The lowest BCUT2D eigenvalue weighted by molar-refractivity contribution is -0.0294. The molecule has 0 heterocycles. The van der Waals surface area contributed by atoms with Gasteiger partial charge in [0, 0.05) is 5.41 Å². The number of hydrogen-bond donors (Lipinski definition) is 1. The summed E-state index contributed by atoms with van der Waals surface area (Å²) in [5, 5.41) is 12.7. The molecule has 2 nitrogen and oxygen atoms in total. The molecule has 0 bridgehead atoms. The number of rotatable bonds is 0. The molecule has 114 valence electrons. The zero-order valence-electron chi connectivity index (χ0n) is 13.3. The lowest BCUT2D eigenvalue weighted by Crippen LogP contribution is -2.50. The van der Waals surface area contributed by atoms with Crippen LogP contribution in [0.4, 0.5) is 0 Å². The molecule has 0 spiro atoms. The van der Waals surface area contributed by atoms with Crippen LogP contribution in [-0.2, 0) is 0 Å². The Labute approximate surface area is 128 Å². The van der Waals surface area contributed by atoms with Gasteiger partial charge in [0.1, 0.15) is 0 Å². The molecule has 4 aliphatic rings. The molecule has 4 rings (SSSR count). The van der Waals surface area contributed by atoms with Crippen molar-refractivity contribution in [2.45, 2.75) is 58.8 Å². The number of allylic oxidation sites excluding steroid dienone is 4. The third kappa shape index (κ3) is 1.80. The molecular weight excluding hydrogens is 258 g/mol. The Balaban J connectivity index is 1.65. The minimum atomic E-state index is 0.358. The van der Waals surface area contributed by atoms with Crippen LogP contribution >= 0.6 is 0 Å². The highest BCUT2D eigenvalue weighted by molar-refractivity contribution is 5.85.